The predicted molar refractivity (Wildman–Crippen MR) is 135 cm³/mol. The number of benzene rings is 2. The fourth-order valence-corrected chi connectivity index (χ4v) is 3.49. The quantitative estimate of drug-likeness (QED) is 0.219. The molecule has 31 heavy (non-hydrogen) atoms. The molecule has 2 aromatic carbocycles. The van der Waals surface area contributed by atoms with Crippen molar-refractivity contribution in [1.29, 1.82) is 0 Å². The molecule has 1 amide bonds. The summed E-state index contributed by atoms with van der Waals surface area (Å²) < 4.78 is 12.9. The summed E-state index contributed by atoms with van der Waals surface area (Å²) in [5, 5.41) is 9.57. The second-order valence-electron chi connectivity index (χ2n) is 7.56. The van der Waals surface area contributed by atoms with Gasteiger partial charge in [0.05, 0.1) is 6.42 Å². The second kappa shape index (κ2) is 12.5. The number of hydrogen-bond acceptors (Lipinski definition) is 3. The Balaban J connectivity index is 0.00000341. The highest BCUT2D eigenvalue weighted by molar-refractivity contribution is 14.0. The molecule has 1 aliphatic heterocycles. The number of nitrogens with one attached hydrogen (secondary N) is 3. The topological polar surface area (TPSA) is 68.8 Å². The van der Waals surface area contributed by atoms with Crippen molar-refractivity contribution in [1.82, 2.24) is 16.0 Å². The molecule has 0 radical (unpaired) electrons. The maximum atomic E-state index is 12.9. The molecular formula is C23H31FIN5O. The number of aryl methyl sites for hydroxylation is 1. The minimum Gasteiger partial charge on any atom is -0.369 e. The Morgan fingerprint density at radius 2 is 1.77 bits per heavy atom. The highest BCUT2D eigenvalue weighted by Crippen LogP contribution is 2.20. The molecule has 0 bridgehead atoms. The fraction of sp³-hybridized carbons (Fsp3) is 0.391. The Hall–Kier alpha value is -2.36. The van der Waals surface area contributed by atoms with Gasteiger partial charge in [-0.25, -0.2) is 4.39 Å². The van der Waals surface area contributed by atoms with Crippen LogP contribution in [0.15, 0.2) is 53.5 Å². The van der Waals surface area contributed by atoms with Crippen LogP contribution in [0.2, 0.25) is 0 Å². The molecule has 3 rings (SSSR count). The van der Waals surface area contributed by atoms with Crippen LogP contribution in [0.5, 0.6) is 0 Å². The van der Waals surface area contributed by atoms with E-state index >= 15 is 0 Å². The summed E-state index contributed by atoms with van der Waals surface area (Å²) in [6.45, 7) is 5.10. The minimum atomic E-state index is -0.300. The number of halogens is 2. The molecule has 1 fully saturated rings. The number of guanidine groups is 1. The minimum absolute atomic E-state index is 0. The fourth-order valence-electron chi connectivity index (χ4n) is 3.49. The van der Waals surface area contributed by atoms with Gasteiger partial charge in [-0.2, -0.15) is 0 Å². The number of carbonyl (C=O) groups excluding carboxylic acids is 1. The first-order valence-electron chi connectivity index (χ1n) is 10.3. The molecule has 1 aliphatic rings. The summed E-state index contributed by atoms with van der Waals surface area (Å²) in [6, 6.07) is 14.9. The zero-order valence-electron chi connectivity index (χ0n) is 18.0. The third kappa shape index (κ3) is 8.01. The van der Waals surface area contributed by atoms with E-state index in [1.165, 1.54) is 23.4 Å². The molecule has 3 N–H and O–H groups in total. The van der Waals surface area contributed by atoms with Crippen molar-refractivity contribution in [3.8, 4) is 0 Å². The molecule has 0 spiro atoms. The summed E-state index contributed by atoms with van der Waals surface area (Å²) in [5.74, 6) is 0.348. The van der Waals surface area contributed by atoms with Gasteiger partial charge in [0.2, 0.25) is 5.91 Å². The van der Waals surface area contributed by atoms with Gasteiger partial charge >= 0.3 is 0 Å². The summed E-state index contributed by atoms with van der Waals surface area (Å²) in [7, 11) is 1.75. The molecule has 0 aliphatic carbocycles. The molecule has 1 atom stereocenters. The van der Waals surface area contributed by atoms with E-state index in [0.717, 1.165) is 31.0 Å². The van der Waals surface area contributed by atoms with Gasteiger partial charge in [0, 0.05) is 45.0 Å². The van der Waals surface area contributed by atoms with E-state index in [-0.39, 0.29) is 42.1 Å². The van der Waals surface area contributed by atoms with E-state index in [0.29, 0.717) is 19.1 Å². The molecule has 6 nitrogen and oxygen atoms in total. The predicted octanol–water partition coefficient (Wildman–Crippen LogP) is 2.85. The average Bonchev–Trinajstić information content (AvgIpc) is 3.21. The molecule has 1 saturated heterocycles. The molecular weight excluding hydrogens is 508 g/mol. The molecule has 8 heteroatoms. The van der Waals surface area contributed by atoms with E-state index in [2.05, 4.69) is 57.0 Å². The van der Waals surface area contributed by atoms with E-state index in [1.54, 1.807) is 19.2 Å². The van der Waals surface area contributed by atoms with Gasteiger partial charge in [-0.3, -0.25) is 9.79 Å². The molecule has 1 heterocycles. The van der Waals surface area contributed by atoms with Gasteiger partial charge in [-0.15, -0.1) is 24.0 Å². The Bertz CT molecular complexity index is 857. The van der Waals surface area contributed by atoms with Crippen LogP contribution in [-0.4, -0.2) is 51.1 Å². The summed E-state index contributed by atoms with van der Waals surface area (Å²) >= 11 is 0. The number of aliphatic imine (C=N–C) groups is 1. The van der Waals surface area contributed by atoms with E-state index in [4.69, 9.17) is 0 Å². The lowest BCUT2D eigenvalue weighted by Gasteiger charge is -2.20. The maximum absolute atomic E-state index is 12.9. The third-order valence-corrected chi connectivity index (χ3v) is 5.17. The highest BCUT2D eigenvalue weighted by atomic mass is 127. The second-order valence-corrected chi connectivity index (χ2v) is 7.56. The Labute approximate surface area is 200 Å². The standard InChI is InChI=1S/C23H30FN5O.HI/c1-17-3-9-21(10-4-17)29-14-11-20(16-29)28-23(25-2)27-13-12-26-22(30)15-18-5-7-19(24)8-6-18;/h3-10,20H,11-16H2,1-2H3,(H,26,30)(H2,25,27,28);1H. The van der Waals surface area contributed by atoms with Gasteiger partial charge in [0.1, 0.15) is 5.82 Å². The monoisotopic (exact) mass is 539 g/mol. The molecule has 2 aromatic rings. The van der Waals surface area contributed by atoms with Crippen molar-refractivity contribution in [2.45, 2.75) is 25.8 Å². The van der Waals surface area contributed by atoms with Crippen molar-refractivity contribution < 1.29 is 9.18 Å². The zero-order valence-corrected chi connectivity index (χ0v) is 20.4. The Morgan fingerprint density at radius 3 is 2.45 bits per heavy atom. The number of hydrogen-bond donors (Lipinski definition) is 3. The van der Waals surface area contributed by atoms with Crippen LogP contribution in [0, 0.1) is 12.7 Å². The molecule has 0 aromatic heterocycles. The number of anilines is 1. The number of carbonyl (C=O) groups is 1. The van der Waals surface area contributed by atoms with Crippen LogP contribution in [-0.2, 0) is 11.2 Å². The maximum Gasteiger partial charge on any atom is 0.224 e. The summed E-state index contributed by atoms with van der Waals surface area (Å²) in [6.07, 6.45) is 1.28. The molecule has 168 valence electrons. The number of nitrogens with zero attached hydrogens (tertiary/aromatic N) is 2. The van der Waals surface area contributed by atoms with Crippen LogP contribution >= 0.6 is 24.0 Å². The van der Waals surface area contributed by atoms with Crippen molar-refractivity contribution in [3.63, 3.8) is 0 Å². The Morgan fingerprint density at radius 1 is 1.10 bits per heavy atom. The van der Waals surface area contributed by atoms with Crippen molar-refractivity contribution in [2.75, 3.05) is 38.1 Å². The van der Waals surface area contributed by atoms with Gasteiger partial charge in [0.25, 0.3) is 0 Å². The van der Waals surface area contributed by atoms with E-state index in [1.807, 2.05) is 0 Å². The van der Waals surface area contributed by atoms with Crippen LogP contribution in [0.3, 0.4) is 0 Å². The van der Waals surface area contributed by atoms with E-state index < -0.39 is 0 Å². The Kier molecular flexibility index (Phi) is 10.0. The van der Waals surface area contributed by atoms with Crippen LogP contribution in [0.1, 0.15) is 17.5 Å². The average molecular weight is 539 g/mol. The smallest absolute Gasteiger partial charge is 0.224 e. The lowest BCUT2D eigenvalue weighted by Crippen LogP contribution is -2.46. The van der Waals surface area contributed by atoms with Gasteiger partial charge in [-0.1, -0.05) is 29.8 Å². The van der Waals surface area contributed by atoms with Crippen LogP contribution in [0.4, 0.5) is 10.1 Å². The first-order valence-corrected chi connectivity index (χ1v) is 10.3. The van der Waals surface area contributed by atoms with E-state index in [9.17, 15) is 9.18 Å². The van der Waals surface area contributed by atoms with Gasteiger partial charge in [0.15, 0.2) is 5.96 Å². The lowest BCUT2D eigenvalue weighted by atomic mass is 10.1. The summed E-state index contributed by atoms with van der Waals surface area (Å²) in [4.78, 5) is 18.7. The van der Waals surface area contributed by atoms with Crippen LogP contribution < -0.4 is 20.9 Å². The molecule has 0 saturated carbocycles. The lowest BCUT2D eigenvalue weighted by molar-refractivity contribution is -0.120. The third-order valence-electron chi connectivity index (χ3n) is 5.17. The van der Waals surface area contributed by atoms with Crippen molar-refractivity contribution in [3.05, 3.63) is 65.5 Å². The van der Waals surface area contributed by atoms with Gasteiger partial charge in [-0.05, 0) is 43.2 Å². The largest absolute Gasteiger partial charge is 0.369 e. The SMILES string of the molecule is CN=C(NCCNC(=O)Cc1ccc(F)cc1)NC1CCN(c2ccc(C)cc2)C1.I. The highest BCUT2D eigenvalue weighted by Gasteiger charge is 2.23. The first kappa shape index (κ1) is 24.9. The zero-order chi connectivity index (χ0) is 21.3. The number of amides is 1. The normalized spacial score (nSPS) is 15.9. The van der Waals surface area contributed by atoms with Gasteiger partial charge < -0.3 is 20.9 Å². The number of rotatable bonds is 7. The first-order chi connectivity index (χ1) is 14.5. The molecule has 1 unspecified atom stereocenters. The summed E-state index contributed by atoms with van der Waals surface area (Å²) in [5.41, 5.74) is 3.30. The van der Waals surface area contributed by atoms with Crippen molar-refractivity contribution in [2.24, 2.45) is 4.99 Å². The van der Waals surface area contributed by atoms with Crippen molar-refractivity contribution >= 4 is 41.5 Å². The van der Waals surface area contributed by atoms with Crippen LogP contribution in [0.25, 0.3) is 0 Å².